The fraction of sp³-hybridized carbons (Fsp3) is 0.136. The molecule has 0 saturated carbocycles. The summed E-state index contributed by atoms with van der Waals surface area (Å²) < 4.78 is 0.391. The Balaban J connectivity index is 1.66. The maximum atomic E-state index is 12.7. The molecule has 1 N–H and O–H groups in total. The van der Waals surface area contributed by atoms with Gasteiger partial charge in [0.1, 0.15) is 10.9 Å². The van der Waals surface area contributed by atoms with Gasteiger partial charge in [-0.25, -0.2) is 0 Å². The first-order chi connectivity index (χ1) is 13.4. The van der Waals surface area contributed by atoms with Crippen molar-refractivity contribution >= 4 is 51.9 Å². The number of rotatable bonds is 5. The first kappa shape index (κ1) is 20.0. The van der Waals surface area contributed by atoms with Gasteiger partial charge in [0.2, 0.25) is 5.91 Å². The Morgan fingerprint density at radius 2 is 1.82 bits per heavy atom. The van der Waals surface area contributed by atoms with Crippen LogP contribution >= 0.6 is 24.0 Å². The monoisotopic (exact) mass is 408 g/mol. The summed E-state index contributed by atoms with van der Waals surface area (Å²) >= 11 is 6.52. The quantitative estimate of drug-likeness (QED) is 0.571. The standard InChI is InChI=1S/C22H20N2O2S2/c1-15-8-10-18(11-9-15)23-20(25)14-24-21(26)19(28-22(24)27)13-16(2)12-17-6-4-3-5-7-17/h3-13H,14H2,1-2H3,(H,23,25)/b16-12+,19-13-. The predicted octanol–water partition coefficient (Wildman–Crippen LogP) is 4.78. The number of allylic oxidation sites excluding steroid dienone is 2. The molecular formula is C22H20N2O2S2. The molecule has 142 valence electrons. The van der Waals surface area contributed by atoms with E-state index < -0.39 is 0 Å². The van der Waals surface area contributed by atoms with Crippen molar-refractivity contribution in [1.82, 2.24) is 4.90 Å². The van der Waals surface area contributed by atoms with Gasteiger partial charge in [0.15, 0.2) is 0 Å². The van der Waals surface area contributed by atoms with Crippen LogP contribution in [0.1, 0.15) is 18.1 Å². The molecule has 1 aliphatic rings. The van der Waals surface area contributed by atoms with Crippen LogP contribution in [0.15, 0.2) is 71.2 Å². The highest BCUT2D eigenvalue weighted by atomic mass is 32.2. The number of thiocarbonyl (C=S) groups is 1. The van der Waals surface area contributed by atoms with Gasteiger partial charge >= 0.3 is 0 Å². The molecule has 0 unspecified atom stereocenters. The number of carbonyl (C=O) groups excluding carboxylic acids is 2. The summed E-state index contributed by atoms with van der Waals surface area (Å²) in [7, 11) is 0. The van der Waals surface area contributed by atoms with Crippen LogP contribution < -0.4 is 5.32 Å². The minimum absolute atomic E-state index is 0.0999. The number of anilines is 1. The molecule has 0 atom stereocenters. The SMILES string of the molecule is CC(/C=C1\SC(=S)N(CC(=O)Nc2ccc(C)cc2)C1=O)=C\c1ccccc1. The van der Waals surface area contributed by atoms with Gasteiger partial charge in [0.05, 0.1) is 4.91 Å². The van der Waals surface area contributed by atoms with E-state index in [0.29, 0.717) is 14.9 Å². The molecule has 0 aromatic heterocycles. The number of nitrogens with zero attached hydrogens (tertiary/aromatic N) is 1. The predicted molar refractivity (Wildman–Crippen MR) is 120 cm³/mol. The zero-order valence-electron chi connectivity index (χ0n) is 15.6. The molecule has 0 bridgehead atoms. The molecule has 2 aromatic rings. The molecule has 2 aromatic carbocycles. The van der Waals surface area contributed by atoms with Gasteiger partial charge in [-0.1, -0.05) is 78.1 Å². The van der Waals surface area contributed by atoms with E-state index >= 15 is 0 Å². The molecule has 1 saturated heterocycles. The zero-order chi connectivity index (χ0) is 20.1. The third-order valence-electron chi connectivity index (χ3n) is 4.06. The van der Waals surface area contributed by atoms with Crippen LogP contribution in [-0.4, -0.2) is 27.6 Å². The van der Waals surface area contributed by atoms with Gasteiger partial charge in [0.25, 0.3) is 5.91 Å². The van der Waals surface area contributed by atoms with E-state index in [1.165, 1.54) is 16.7 Å². The van der Waals surface area contributed by atoms with Crippen LogP contribution in [-0.2, 0) is 9.59 Å². The minimum atomic E-state index is -0.280. The third-order valence-corrected chi connectivity index (χ3v) is 5.44. The van der Waals surface area contributed by atoms with E-state index in [1.54, 1.807) is 0 Å². The second kappa shape index (κ2) is 8.99. The second-order valence-corrected chi connectivity index (χ2v) is 8.16. The Morgan fingerprint density at radius 3 is 2.50 bits per heavy atom. The van der Waals surface area contributed by atoms with E-state index in [4.69, 9.17) is 12.2 Å². The van der Waals surface area contributed by atoms with Crippen molar-refractivity contribution in [1.29, 1.82) is 0 Å². The average molecular weight is 409 g/mol. The van der Waals surface area contributed by atoms with Gasteiger partial charge in [-0.3, -0.25) is 14.5 Å². The molecule has 3 rings (SSSR count). The number of nitrogens with one attached hydrogen (secondary N) is 1. The Labute approximate surface area is 174 Å². The fourth-order valence-electron chi connectivity index (χ4n) is 2.68. The summed E-state index contributed by atoms with van der Waals surface area (Å²) in [6, 6.07) is 17.4. The van der Waals surface area contributed by atoms with Crippen molar-refractivity contribution in [3.05, 3.63) is 82.3 Å². The van der Waals surface area contributed by atoms with E-state index in [1.807, 2.05) is 80.6 Å². The molecule has 6 heteroatoms. The van der Waals surface area contributed by atoms with Gasteiger partial charge in [0, 0.05) is 5.69 Å². The maximum absolute atomic E-state index is 12.7. The Morgan fingerprint density at radius 1 is 1.14 bits per heavy atom. The van der Waals surface area contributed by atoms with Gasteiger partial charge in [-0.05, 0) is 43.2 Å². The smallest absolute Gasteiger partial charge is 0.266 e. The molecule has 4 nitrogen and oxygen atoms in total. The number of hydrogen-bond acceptors (Lipinski definition) is 4. The summed E-state index contributed by atoms with van der Waals surface area (Å²) in [4.78, 5) is 26.9. The van der Waals surface area contributed by atoms with Crippen molar-refractivity contribution in [2.45, 2.75) is 13.8 Å². The highest BCUT2D eigenvalue weighted by Gasteiger charge is 2.33. The Bertz CT molecular complexity index is 964. The Kier molecular flexibility index (Phi) is 6.44. The lowest BCUT2D eigenvalue weighted by molar-refractivity contribution is -0.126. The summed E-state index contributed by atoms with van der Waals surface area (Å²) in [6.07, 6.45) is 3.81. The van der Waals surface area contributed by atoms with Crippen molar-refractivity contribution in [2.24, 2.45) is 0 Å². The Hall–Kier alpha value is -2.70. The second-order valence-electron chi connectivity index (χ2n) is 6.48. The lowest BCUT2D eigenvalue weighted by Gasteiger charge is -2.14. The number of thioether (sulfide) groups is 1. The van der Waals surface area contributed by atoms with Gasteiger partial charge < -0.3 is 5.32 Å². The van der Waals surface area contributed by atoms with Crippen LogP contribution in [0.2, 0.25) is 0 Å². The largest absolute Gasteiger partial charge is 0.325 e. The van der Waals surface area contributed by atoms with Crippen molar-refractivity contribution in [2.75, 3.05) is 11.9 Å². The summed E-state index contributed by atoms with van der Waals surface area (Å²) in [5.41, 5.74) is 3.80. The van der Waals surface area contributed by atoms with E-state index in [-0.39, 0.29) is 18.4 Å². The fourth-order valence-corrected chi connectivity index (χ4v) is 3.98. The van der Waals surface area contributed by atoms with E-state index in [9.17, 15) is 9.59 Å². The van der Waals surface area contributed by atoms with Crippen LogP contribution in [0.25, 0.3) is 6.08 Å². The lowest BCUT2D eigenvalue weighted by atomic mass is 10.1. The lowest BCUT2D eigenvalue weighted by Crippen LogP contribution is -2.36. The van der Waals surface area contributed by atoms with Gasteiger partial charge in [-0.15, -0.1) is 0 Å². The van der Waals surface area contributed by atoms with Crippen LogP contribution in [0.3, 0.4) is 0 Å². The maximum Gasteiger partial charge on any atom is 0.266 e. The summed E-state index contributed by atoms with van der Waals surface area (Å²) in [5.74, 6) is -0.521. The van der Waals surface area contributed by atoms with Crippen molar-refractivity contribution in [3.63, 3.8) is 0 Å². The van der Waals surface area contributed by atoms with Crippen LogP contribution in [0, 0.1) is 6.92 Å². The number of aryl methyl sites for hydroxylation is 1. The normalized spacial score (nSPS) is 16.0. The first-order valence-electron chi connectivity index (χ1n) is 8.77. The number of hydrogen-bond donors (Lipinski definition) is 1. The highest BCUT2D eigenvalue weighted by Crippen LogP contribution is 2.32. The molecule has 0 aliphatic carbocycles. The van der Waals surface area contributed by atoms with Crippen molar-refractivity contribution in [3.8, 4) is 0 Å². The molecule has 1 fully saturated rings. The minimum Gasteiger partial charge on any atom is -0.325 e. The number of carbonyl (C=O) groups is 2. The topological polar surface area (TPSA) is 49.4 Å². The molecule has 0 radical (unpaired) electrons. The van der Waals surface area contributed by atoms with E-state index in [0.717, 1.165) is 16.7 Å². The molecule has 0 spiro atoms. The molecule has 2 amide bonds. The van der Waals surface area contributed by atoms with Crippen LogP contribution in [0.5, 0.6) is 0 Å². The zero-order valence-corrected chi connectivity index (χ0v) is 17.3. The first-order valence-corrected chi connectivity index (χ1v) is 10.00. The molecular weight excluding hydrogens is 388 g/mol. The summed E-state index contributed by atoms with van der Waals surface area (Å²) in [5, 5.41) is 2.79. The third kappa shape index (κ3) is 5.18. The molecule has 1 heterocycles. The summed E-state index contributed by atoms with van der Waals surface area (Å²) in [6.45, 7) is 3.81. The van der Waals surface area contributed by atoms with Crippen LogP contribution in [0.4, 0.5) is 5.69 Å². The molecule has 1 aliphatic heterocycles. The highest BCUT2D eigenvalue weighted by molar-refractivity contribution is 8.26. The number of amides is 2. The molecule has 28 heavy (non-hydrogen) atoms. The van der Waals surface area contributed by atoms with Crippen molar-refractivity contribution < 1.29 is 9.59 Å². The van der Waals surface area contributed by atoms with Gasteiger partial charge in [-0.2, -0.15) is 0 Å². The average Bonchev–Trinajstić information content (AvgIpc) is 2.91. The number of benzene rings is 2. The van der Waals surface area contributed by atoms with E-state index in [2.05, 4.69) is 5.32 Å².